The number of aliphatic carboxylic acids is 1. The normalized spacial score (nSPS) is 14.4. The fourth-order valence-corrected chi connectivity index (χ4v) is 4.93. The van der Waals surface area contributed by atoms with Crippen molar-refractivity contribution in [3.8, 4) is 11.1 Å². The molecule has 8 heteroatoms. The van der Waals surface area contributed by atoms with Gasteiger partial charge in [0.05, 0.1) is 23.7 Å². The van der Waals surface area contributed by atoms with Crippen molar-refractivity contribution in [1.29, 1.82) is 0 Å². The van der Waals surface area contributed by atoms with Gasteiger partial charge in [0.15, 0.2) is 6.04 Å². The number of benzene rings is 3. The molecule has 0 aliphatic heterocycles. The van der Waals surface area contributed by atoms with Crippen molar-refractivity contribution in [2.75, 3.05) is 6.61 Å². The first-order valence-electron chi connectivity index (χ1n) is 13.7. The van der Waals surface area contributed by atoms with Crippen LogP contribution < -0.4 is 10.6 Å². The van der Waals surface area contributed by atoms with E-state index in [0.717, 1.165) is 27.8 Å². The van der Waals surface area contributed by atoms with Crippen LogP contribution >= 0.6 is 0 Å². The van der Waals surface area contributed by atoms with Crippen LogP contribution in [-0.4, -0.2) is 47.4 Å². The Morgan fingerprint density at radius 1 is 0.854 bits per heavy atom. The van der Waals surface area contributed by atoms with Crippen LogP contribution in [0.1, 0.15) is 57.2 Å². The van der Waals surface area contributed by atoms with E-state index in [1.165, 1.54) is 0 Å². The van der Waals surface area contributed by atoms with Crippen molar-refractivity contribution in [3.63, 3.8) is 0 Å². The molecule has 1 aliphatic rings. The van der Waals surface area contributed by atoms with Crippen LogP contribution in [0.3, 0.4) is 0 Å². The quantitative estimate of drug-likeness (QED) is 0.286. The standard InChI is InChI=1S/C33H38N2O6/c1-21(40-19-22-13-7-6-8-14-22)28(29(36)37)34-30(38)32(2,3)33(4,5)35-31(39)41-20-27-25-17-11-9-15-23(25)24-16-10-12-18-26(24)27/h6-18,21,27-28H,19-20H2,1-5H3,(H,34,38)(H,35,39)(H,36,37)/t21-,28+/m0/s1. The lowest BCUT2D eigenvalue weighted by Crippen LogP contribution is -2.62. The molecule has 1 aliphatic carbocycles. The molecule has 2 amide bonds. The average molecular weight is 559 g/mol. The number of ether oxygens (including phenoxy) is 2. The second kappa shape index (κ2) is 12.1. The van der Waals surface area contributed by atoms with Crippen molar-refractivity contribution in [2.45, 2.75) is 64.8 Å². The van der Waals surface area contributed by atoms with E-state index in [-0.39, 0.29) is 19.1 Å². The molecule has 0 unspecified atom stereocenters. The predicted octanol–water partition coefficient (Wildman–Crippen LogP) is 5.50. The molecule has 3 aromatic rings. The third kappa shape index (κ3) is 6.43. The predicted molar refractivity (Wildman–Crippen MR) is 156 cm³/mol. The van der Waals surface area contributed by atoms with E-state index in [0.29, 0.717) is 0 Å². The molecular weight excluding hydrogens is 520 g/mol. The van der Waals surface area contributed by atoms with Gasteiger partial charge in [-0.3, -0.25) is 4.79 Å². The molecule has 2 atom stereocenters. The Balaban J connectivity index is 1.37. The summed E-state index contributed by atoms with van der Waals surface area (Å²) in [6.07, 6.45) is -1.46. The summed E-state index contributed by atoms with van der Waals surface area (Å²) >= 11 is 0. The fourth-order valence-electron chi connectivity index (χ4n) is 4.93. The van der Waals surface area contributed by atoms with Crippen LogP contribution in [-0.2, 0) is 25.7 Å². The van der Waals surface area contributed by atoms with E-state index in [9.17, 15) is 19.5 Å². The first-order chi connectivity index (χ1) is 19.4. The van der Waals surface area contributed by atoms with Gasteiger partial charge in [-0.05, 0) is 62.4 Å². The zero-order valence-corrected chi connectivity index (χ0v) is 24.1. The highest BCUT2D eigenvalue weighted by Gasteiger charge is 2.46. The fraction of sp³-hybridized carbons (Fsp3) is 0.364. The topological polar surface area (TPSA) is 114 Å². The summed E-state index contributed by atoms with van der Waals surface area (Å²) in [5.41, 5.74) is 3.06. The third-order valence-electron chi connectivity index (χ3n) is 8.27. The number of carboxylic acid groups (broad SMARTS) is 1. The third-order valence-corrected chi connectivity index (χ3v) is 8.27. The van der Waals surface area contributed by atoms with Gasteiger partial charge < -0.3 is 25.2 Å². The van der Waals surface area contributed by atoms with E-state index in [1.54, 1.807) is 34.6 Å². The molecule has 3 N–H and O–H groups in total. The molecule has 0 radical (unpaired) electrons. The number of nitrogens with one attached hydrogen (secondary N) is 2. The summed E-state index contributed by atoms with van der Waals surface area (Å²) < 4.78 is 11.4. The Kier molecular flexibility index (Phi) is 8.83. The Hall–Kier alpha value is -4.17. The number of amides is 2. The van der Waals surface area contributed by atoms with E-state index in [4.69, 9.17) is 9.47 Å². The molecule has 0 fully saturated rings. The second-order valence-electron chi connectivity index (χ2n) is 11.5. The van der Waals surface area contributed by atoms with E-state index >= 15 is 0 Å². The molecule has 0 bridgehead atoms. The van der Waals surface area contributed by atoms with Crippen molar-refractivity contribution < 1.29 is 29.0 Å². The number of carbonyl (C=O) groups is 3. The number of hydrogen-bond donors (Lipinski definition) is 3. The lowest BCUT2D eigenvalue weighted by Gasteiger charge is -2.41. The minimum atomic E-state index is -1.28. The molecule has 8 nitrogen and oxygen atoms in total. The molecule has 4 rings (SSSR count). The van der Waals surface area contributed by atoms with Gasteiger partial charge >= 0.3 is 12.1 Å². The largest absolute Gasteiger partial charge is 0.480 e. The van der Waals surface area contributed by atoms with Crippen LogP contribution in [0.4, 0.5) is 4.79 Å². The van der Waals surface area contributed by atoms with Gasteiger partial charge in [-0.1, -0.05) is 78.9 Å². The average Bonchev–Trinajstić information content (AvgIpc) is 3.27. The van der Waals surface area contributed by atoms with Crippen molar-refractivity contribution >= 4 is 18.0 Å². The summed E-state index contributed by atoms with van der Waals surface area (Å²) in [5.74, 6) is -1.85. The Morgan fingerprint density at radius 3 is 1.95 bits per heavy atom. The summed E-state index contributed by atoms with van der Waals surface area (Å²) in [5, 5.41) is 15.3. The van der Waals surface area contributed by atoms with Gasteiger partial charge in [-0.15, -0.1) is 0 Å². The van der Waals surface area contributed by atoms with Crippen LogP contribution in [0.25, 0.3) is 11.1 Å². The van der Waals surface area contributed by atoms with Crippen LogP contribution in [0, 0.1) is 5.41 Å². The summed E-state index contributed by atoms with van der Waals surface area (Å²) in [6.45, 7) is 8.67. The SMILES string of the molecule is C[C@H](OCc1ccccc1)[C@@H](NC(=O)C(C)(C)C(C)(C)NC(=O)OCC1c2ccccc2-c2ccccc21)C(=O)O. The Morgan fingerprint density at radius 2 is 1.39 bits per heavy atom. The number of carboxylic acids is 1. The number of fused-ring (bicyclic) bond motifs is 3. The van der Waals surface area contributed by atoms with Gasteiger partial charge in [-0.25, -0.2) is 9.59 Å². The minimum absolute atomic E-state index is 0.0960. The van der Waals surface area contributed by atoms with Gasteiger partial charge in [0, 0.05) is 5.92 Å². The Bertz CT molecular complexity index is 1360. The smallest absolute Gasteiger partial charge is 0.407 e. The lowest BCUT2D eigenvalue weighted by atomic mass is 9.73. The highest BCUT2D eigenvalue weighted by molar-refractivity contribution is 5.89. The van der Waals surface area contributed by atoms with Gasteiger partial charge in [0.2, 0.25) is 5.91 Å². The molecule has 0 aromatic heterocycles. The number of hydrogen-bond acceptors (Lipinski definition) is 5. The number of alkyl carbamates (subject to hydrolysis) is 1. The second-order valence-corrected chi connectivity index (χ2v) is 11.5. The number of carbonyl (C=O) groups excluding carboxylic acids is 2. The van der Waals surface area contributed by atoms with E-state index < -0.39 is 41.1 Å². The molecule has 0 spiro atoms. The highest BCUT2D eigenvalue weighted by Crippen LogP contribution is 2.44. The molecule has 0 saturated heterocycles. The van der Waals surface area contributed by atoms with Gasteiger partial charge in [-0.2, -0.15) is 0 Å². The van der Waals surface area contributed by atoms with E-state index in [1.807, 2.05) is 66.7 Å². The van der Waals surface area contributed by atoms with Gasteiger partial charge in [0.1, 0.15) is 6.61 Å². The lowest BCUT2D eigenvalue weighted by molar-refractivity contribution is -0.149. The molecular formula is C33H38N2O6. The zero-order chi connectivity index (χ0) is 29.8. The highest BCUT2D eigenvalue weighted by atomic mass is 16.5. The van der Waals surface area contributed by atoms with Crippen molar-refractivity contribution in [1.82, 2.24) is 10.6 Å². The van der Waals surface area contributed by atoms with Gasteiger partial charge in [0.25, 0.3) is 0 Å². The molecule has 41 heavy (non-hydrogen) atoms. The summed E-state index contributed by atoms with van der Waals surface area (Å²) in [6, 6.07) is 24.2. The van der Waals surface area contributed by atoms with E-state index in [2.05, 4.69) is 22.8 Å². The number of rotatable bonds is 11. The van der Waals surface area contributed by atoms with Crippen molar-refractivity contribution in [3.05, 3.63) is 95.6 Å². The monoisotopic (exact) mass is 558 g/mol. The van der Waals surface area contributed by atoms with Crippen LogP contribution in [0.15, 0.2) is 78.9 Å². The summed E-state index contributed by atoms with van der Waals surface area (Å²) in [4.78, 5) is 38.4. The maximum absolute atomic E-state index is 13.4. The Labute approximate surface area is 241 Å². The maximum atomic E-state index is 13.4. The van der Waals surface area contributed by atoms with Crippen molar-refractivity contribution in [2.24, 2.45) is 5.41 Å². The zero-order valence-electron chi connectivity index (χ0n) is 24.1. The molecule has 3 aromatic carbocycles. The minimum Gasteiger partial charge on any atom is -0.480 e. The first-order valence-corrected chi connectivity index (χ1v) is 13.7. The molecule has 0 heterocycles. The maximum Gasteiger partial charge on any atom is 0.407 e. The van der Waals surface area contributed by atoms with Crippen LogP contribution in [0.5, 0.6) is 0 Å². The molecule has 216 valence electrons. The molecule has 0 saturated carbocycles. The summed E-state index contributed by atoms with van der Waals surface area (Å²) in [7, 11) is 0. The van der Waals surface area contributed by atoms with Crippen LogP contribution in [0.2, 0.25) is 0 Å². The first kappa shape index (κ1) is 29.8.